The third-order valence-corrected chi connectivity index (χ3v) is 4.57. The van der Waals surface area contributed by atoms with E-state index in [2.05, 4.69) is 38.9 Å². The van der Waals surface area contributed by atoms with E-state index in [-0.39, 0.29) is 0 Å². The Morgan fingerprint density at radius 1 is 1.31 bits per heavy atom. The predicted molar refractivity (Wildman–Crippen MR) is 108 cm³/mol. The molecule has 1 fully saturated rings. The molecule has 0 saturated heterocycles. The third kappa shape index (κ3) is 4.06. The van der Waals surface area contributed by atoms with Crippen LogP contribution in [0.25, 0.3) is 0 Å². The van der Waals surface area contributed by atoms with Gasteiger partial charge in [-0.2, -0.15) is 4.98 Å². The Kier molecular flexibility index (Phi) is 5.92. The molecule has 26 heavy (non-hydrogen) atoms. The zero-order valence-corrected chi connectivity index (χ0v) is 15.4. The van der Waals surface area contributed by atoms with Crippen molar-refractivity contribution in [1.82, 2.24) is 15.4 Å². The normalized spacial score (nSPS) is 14.0. The van der Waals surface area contributed by atoms with Crippen molar-refractivity contribution in [2.75, 3.05) is 29.2 Å². The van der Waals surface area contributed by atoms with Crippen molar-refractivity contribution in [3.05, 3.63) is 36.0 Å². The molecule has 6 heteroatoms. The van der Waals surface area contributed by atoms with E-state index in [0.29, 0.717) is 12.0 Å². The highest BCUT2D eigenvalue weighted by Gasteiger charge is 2.26. The molecule has 1 saturated carbocycles. The van der Waals surface area contributed by atoms with Gasteiger partial charge in [-0.05, 0) is 31.0 Å². The Morgan fingerprint density at radius 2 is 2.12 bits per heavy atom. The second-order valence-corrected chi connectivity index (χ2v) is 6.35. The summed E-state index contributed by atoms with van der Waals surface area (Å²) in [6.45, 7) is 2.95. The van der Waals surface area contributed by atoms with Gasteiger partial charge in [0, 0.05) is 30.9 Å². The molecule has 0 atom stereocenters. The molecule has 3 N–H and O–H groups in total. The van der Waals surface area contributed by atoms with Gasteiger partial charge >= 0.3 is 0 Å². The molecule has 0 aliphatic heterocycles. The Labute approximate surface area is 155 Å². The number of benzene rings is 1. The third-order valence-electron chi connectivity index (χ3n) is 4.57. The van der Waals surface area contributed by atoms with E-state index in [9.17, 15) is 0 Å². The average Bonchev–Trinajstić information content (AvgIpc) is 3.20. The van der Waals surface area contributed by atoms with Crippen LogP contribution in [0.4, 0.5) is 23.1 Å². The van der Waals surface area contributed by atoms with Crippen LogP contribution < -0.4 is 21.1 Å². The van der Waals surface area contributed by atoms with Crippen LogP contribution in [0.5, 0.6) is 0 Å². The van der Waals surface area contributed by atoms with Gasteiger partial charge in [-0.3, -0.25) is 5.01 Å². The highest BCUT2D eigenvalue weighted by molar-refractivity contribution is 5.67. The Bertz CT molecular complexity index is 776. The smallest absolute Gasteiger partial charge is 0.229 e. The van der Waals surface area contributed by atoms with Gasteiger partial charge < -0.3 is 10.6 Å². The summed E-state index contributed by atoms with van der Waals surface area (Å²) in [5.74, 6) is 4.06. The van der Waals surface area contributed by atoms with Gasteiger partial charge in [0.25, 0.3) is 0 Å². The molecule has 136 valence electrons. The number of terminal acetylenes is 1. The van der Waals surface area contributed by atoms with Crippen molar-refractivity contribution in [3.8, 4) is 12.3 Å². The Hall–Kier alpha value is -2.78. The number of nitrogens with one attached hydrogen (secondary N) is 3. The van der Waals surface area contributed by atoms with Crippen LogP contribution in [0.2, 0.25) is 0 Å². The molecule has 1 aliphatic carbocycles. The maximum Gasteiger partial charge on any atom is 0.229 e. The number of rotatable bonds is 7. The highest BCUT2D eigenvalue weighted by atomic mass is 15.5. The molecule has 1 aliphatic rings. The van der Waals surface area contributed by atoms with E-state index >= 15 is 0 Å². The van der Waals surface area contributed by atoms with Crippen LogP contribution in [0.15, 0.2) is 30.5 Å². The van der Waals surface area contributed by atoms with Crippen molar-refractivity contribution in [2.24, 2.45) is 0 Å². The molecule has 3 rings (SSSR count). The summed E-state index contributed by atoms with van der Waals surface area (Å²) in [7, 11) is 1.89. The van der Waals surface area contributed by atoms with Crippen molar-refractivity contribution < 1.29 is 0 Å². The van der Waals surface area contributed by atoms with Gasteiger partial charge in [0.2, 0.25) is 5.95 Å². The summed E-state index contributed by atoms with van der Waals surface area (Å²) < 4.78 is 0. The number of hydrogen-bond donors (Lipinski definition) is 3. The lowest BCUT2D eigenvalue weighted by Gasteiger charge is -2.31. The van der Waals surface area contributed by atoms with Crippen LogP contribution in [-0.4, -0.2) is 29.6 Å². The predicted octanol–water partition coefficient (Wildman–Crippen LogP) is 3.52. The van der Waals surface area contributed by atoms with Crippen molar-refractivity contribution in [2.45, 2.75) is 38.6 Å². The van der Waals surface area contributed by atoms with Crippen molar-refractivity contribution >= 4 is 23.1 Å². The lowest BCUT2D eigenvalue weighted by atomic mass is 10.2. The minimum absolute atomic E-state index is 0.453. The first-order valence-corrected chi connectivity index (χ1v) is 9.16. The molecule has 0 unspecified atom stereocenters. The summed E-state index contributed by atoms with van der Waals surface area (Å²) in [4.78, 5) is 9.22. The molecule has 0 amide bonds. The second kappa shape index (κ2) is 8.54. The fourth-order valence-electron chi connectivity index (χ4n) is 3.32. The van der Waals surface area contributed by atoms with Crippen LogP contribution in [0.3, 0.4) is 0 Å². The van der Waals surface area contributed by atoms with Crippen molar-refractivity contribution in [3.63, 3.8) is 0 Å². The van der Waals surface area contributed by atoms with Gasteiger partial charge in [-0.1, -0.05) is 31.8 Å². The maximum absolute atomic E-state index is 5.48. The highest BCUT2D eigenvalue weighted by Crippen LogP contribution is 2.31. The molecular weight excluding hydrogens is 324 g/mol. The lowest BCUT2D eigenvalue weighted by molar-refractivity contribution is 0.524. The molecule has 0 bridgehead atoms. The molecule has 1 heterocycles. The summed E-state index contributed by atoms with van der Waals surface area (Å²) in [5, 5.41) is 8.66. The van der Waals surface area contributed by atoms with E-state index in [4.69, 9.17) is 11.4 Å². The fourth-order valence-corrected chi connectivity index (χ4v) is 3.32. The largest absolute Gasteiger partial charge is 0.384 e. The molecule has 1 aromatic carbocycles. The fraction of sp³-hybridized carbons (Fsp3) is 0.400. The molecule has 0 radical (unpaired) electrons. The number of aromatic nitrogens is 2. The van der Waals surface area contributed by atoms with Crippen molar-refractivity contribution in [1.29, 1.82) is 0 Å². The van der Waals surface area contributed by atoms with E-state index in [1.165, 1.54) is 25.7 Å². The minimum atomic E-state index is 0.453. The molecule has 6 nitrogen and oxygen atoms in total. The number of nitrogens with zero attached hydrogens (tertiary/aromatic N) is 3. The van der Waals surface area contributed by atoms with E-state index in [0.717, 1.165) is 29.3 Å². The Balaban J connectivity index is 1.90. The summed E-state index contributed by atoms with van der Waals surface area (Å²) in [5.41, 5.74) is 6.07. The first kappa shape index (κ1) is 18.0. The quantitative estimate of drug-likeness (QED) is 0.524. The molecular formula is C20H26N6. The average molecular weight is 350 g/mol. The van der Waals surface area contributed by atoms with E-state index < -0.39 is 0 Å². The summed E-state index contributed by atoms with van der Waals surface area (Å²) >= 11 is 0. The van der Waals surface area contributed by atoms with Gasteiger partial charge in [-0.15, -0.1) is 6.42 Å². The van der Waals surface area contributed by atoms with Crippen LogP contribution in [0, 0.1) is 12.3 Å². The van der Waals surface area contributed by atoms with Gasteiger partial charge in [0.05, 0.1) is 11.9 Å². The monoisotopic (exact) mass is 350 g/mol. The van der Waals surface area contributed by atoms with Gasteiger partial charge in [0.1, 0.15) is 0 Å². The topological polar surface area (TPSA) is 65.1 Å². The van der Waals surface area contributed by atoms with Gasteiger partial charge in [0.15, 0.2) is 5.82 Å². The molecule has 2 aromatic rings. The standard InChI is InChI=1S/C20H26N6/c1-4-15-9-8-10-16(13-15)24-20-22-14-18(21-3)19(25-20)26(23-5-2)17-11-6-7-12-17/h1,8-10,13-14,17,21,23H,5-7,11-12H2,2-3H3,(H,22,24,25). The number of anilines is 4. The van der Waals surface area contributed by atoms with Crippen LogP contribution in [-0.2, 0) is 0 Å². The summed E-state index contributed by atoms with van der Waals surface area (Å²) in [6, 6.07) is 8.14. The van der Waals surface area contributed by atoms with Crippen LogP contribution >= 0.6 is 0 Å². The number of hydrazine groups is 1. The Morgan fingerprint density at radius 3 is 2.81 bits per heavy atom. The van der Waals surface area contributed by atoms with E-state index in [1.807, 2.05) is 37.5 Å². The lowest BCUT2D eigenvalue weighted by Crippen LogP contribution is -2.45. The maximum atomic E-state index is 5.48. The number of hydrogen-bond acceptors (Lipinski definition) is 6. The zero-order valence-electron chi connectivity index (χ0n) is 15.4. The zero-order chi connectivity index (χ0) is 18.4. The molecule has 1 aromatic heterocycles. The SMILES string of the molecule is C#Cc1cccc(Nc2ncc(NC)c(N(NCC)C3CCCC3)n2)c1. The second-order valence-electron chi connectivity index (χ2n) is 6.35. The molecule has 0 spiro atoms. The first-order chi connectivity index (χ1) is 12.7. The van der Waals surface area contributed by atoms with Gasteiger partial charge in [-0.25, -0.2) is 10.4 Å². The van der Waals surface area contributed by atoms with E-state index in [1.54, 1.807) is 0 Å². The summed E-state index contributed by atoms with van der Waals surface area (Å²) in [6.07, 6.45) is 12.2. The minimum Gasteiger partial charge on any atom is -0.384 e. The van der Waals surface area contributed by atoms with Crippen LogP contribution in [0.1, 0.15) is 38.2 Å². The first-order valence-electron chi connectivity index (χ1n) is 9.16.